The smallest absolute Gasteiger partial charge is 0.170 e. The molecule has 0 spiro atoms. The Morgan fingerprint density at radius 3 is 1.90 bits per heavy atom. The maximum atomic E-state index is 12.4. The van der Waals surface area contributed by atoms with Crippen LogP contribution in [0.25, 0.3) is 0 Å². The molecule has 124 valence electrons. The first kappa shape index (κ1) is 20.2. The van der Waals surface area contributed by atoms with Crippen LogP contribution in [-0.2, 0) is 9.59 Å². The van der Waals surface area contributed by atoms with Gasteiger partial charge < -0.3 is 15.3 Å². The lowest BCUT2D eigenvalue weighted by molar-refractivity contribution is -0.151. The van der Waals surface area contributed by atoms with E-state index in [1.165, 1.54) is 6.92 Å². The Balaban J connectivity index is 5.02. The van der Waals surface area contributed by atoms with Crippen LogP contribution >= 0.6 is 0 Å². The molecule has 21 heavy (non-hydrogen) atoms. The van der Waals surface area contributed by atoms with E-state index in [1.54, 1.807) is 34.6 Å². The summed E-state index contributed by atoms with van der Waals surface area (Å²) in [5.74, 6) is -0.829. The number of aliphatic hydroxyl groups is 3. The lowest BCUT2D eigenvalue weighted by atomic mass is 9.75. The van der Waals surface area contributed by atoms with Gasteiger partial charge in [0.05, 0.1) is 12.2 Å². The summed E-state index contributed by atoms with van der Waals surface area (Å²) in [6.45, 7) is 9.91. The summed E-state index contributed by atoms with van der Waals surface area (Å²) in [5, 5.41) is 30.3. The second kappa shape index (κ2) is 7.47. The average Bonchev–Trinajstić information content (AvgIpc) is 2.31. The normalized spacial score (nSPS) is 18.2. The summed E-state index contributed by atoms with van der Waals surface area (Å²) in [6.07, 6.45) is -2.21. The monoisotopic (exact) mass is 302 g/mol. The molecule has 0 aliphatic heterocycles. The number of ketones is 2. The Labute approximate surface area is 127 Å². The van der Waals surface area contributed by atoms with Crippen molar-refractivity contribution in [3.63, 3.8) is 0 Å². The Bertz CT molecular complexity index is 369. The zero-order valence-corrected chi connectivity index (χ0v) is 14.0. The summed E-state index contributed by atoms with van der Waals surface area (Å²) in [7, 11) is 0. The third kappa shape index (κ3) is 6.24. The molecule has 0 aromatic carbocycles. The van der Waals surface area contributed by atoms with Crippen molar-refractivity contribution < 1.29 is 24.9 Å². The predicted molar refractivity (Wildman–Crippen MR) is 80.8 cm³/mol. The Morgan fingerprint density at radius 2 is 1.57 bits per heavy atom. The first-order valence-corrected chi connectivity index (χ1v) is 7.44. The van der Waals surface area contributed by atoms with E-state index in [2.05, 4.69) is 0 Å². The fourth-order valence-corrected chi connectivity index (χ4v) is 2.39. The van der Waals surface area contributed by atoms with E-state index in [-0.39, 0.29) is 31.0 Å². The van der Waals surface area contributed by atoms with Gasteiger partial charge in [-0.3, -0.25) is 9.59 Å². The van der Waals surface area contributed by atoms with Crippen molar-refractivity contribution in [2.24, 2.45) is 11.3 Å². The number of hydrogen-bond acceptors (Lipinski definition) is 5. The predicted octanol–water partition coefficient (Wildman–Crippen LogP) is 1.47. The second-order valence-corrected chi connectivity index (χ2v) is 7.33. The molecule has 3 N–H and O–H groups in total. The van der Waals surface area contributed by atoms with Gasteiger partial charge in [-0.05, 0) is 25.7 Å². The van der Waals surface area contributed by atoms with Gasteiger partial charge in [-0.25, -0.2) is 0 Å². The van der Waals surface area contributed by atoms with Gasteiger partial charge in [0, 0.05) is 11.8 Å². The van der Waals surface area contributed by atoms with Crippen molar-refractivity contribution in [1.29, 1.82) is 0 Å². The second-order valence-electron chi connectivity index (χ2n) is 7.33. The third-order valence-corrected chi connectivity index (χ3v) is 3.58. The van der Waals surface area contributed by atoms with Crippen molar-refractivity contribution in [3.8, 4) is 0 Å². The van der Waals surface area contributed by atoms with Crippen LogP contribution in [0, 0.1) is 11.3 Å². The molecule has 0 heterocycles. The zero-order valence-electron chi connectivity index (χ0n) is 14.0. The SMILES string of the molecule is CC(=O)CC(O)(CC[C@H](O)[C@H](O)C(C)C)C(=O)C(C)(C)C. The molecular formula is C16H30O5. The van der Waals surface area contributed by atoms with Gasteiger partial charge >= 0.3 is 0 Å². The summed E-state index contributed by atoms with van der Waals surface area (Å²) >= 11 is 0. The van der Waals surface area contributed by atoms with Gasteiger partial charge in [0.15, 0.2) is 5.78 Å². The van der Waals surface area contributed by atoms with Crippen molar-refractivity contribution in [2.45, 2.75) is 78.6 Å². The quantitative estimate of drug-likeness (QED) is 0.631. The zero-order chi connectivity index (χ0) is 17.0. The van der Waals surface area contributed by atoms with Crippen molar-refractivity contribution in [2.75, 3.05) is 0 Å². The highest BCUT2D eigenvalue weighted by atomic mass is 16.3. The standard InChI is InChI=1S/C16H30O5/c1-10(2)13(19)12(18)7-8-16(21,9-11(3)17)14(20)15(4,5)6/h10,12-13,18-19,21H,7-9H2,1-6H3/t12-,13+,16?/m0/s1. The highest BCUT2D eigenvalue weighted by Gasteiger charge is 2.43. The number of carbonyl (C=O) groups excluding carboxylic acids is 2. The van der Waals surface area contributed by atoms with Gasteiger partial charge in [-0.2, -0.15) is 0 Å². The molecule has 0 rings (SSSR count). The third-order valence-electron chi connectivity index (χ3n) is 3.58. The number of rotatable bonds is 8. The minimum atomic E-state index is -1.79. The van der Waals surface area contributed by atoms with Gasteiger partial charge in [0.1, 0.15) is 11.4 Å². The van der Waals surface area contributed by atoms with Gasteiger partial charge in [0.25, 0.3) is 0 Å². The fraction of sp³-hybridized carbons (Fsp3) is 0.875. The lowest BCUT2D eigenvalue weighted by Gasteiger charge is -2.33. The van der Waals surface area contributed by atoms with E-state index in [1.807, 2.05) is 0 Å². The van der Waals surface area contributed by atoms with E-state index < -0.39 is 29.0 Å². The first-order valence-electron chi connectivity index (χ1n) is 7.44. The van der Waals surface area contributed by atoms with Crippen molar-refractivity contribution in [1.82, 2.24) is 0 Å². The molecule has 5 heteroatoms. The van der Waals surface area contributed by atoms with E-state index >= 15 is 0 Å². The molecule has 0 saturated heterocycles. The average molecular weight is 302 g/mol. The maximum absolute atomic E-state index is 12.4. The molecule has 0 bridgehead atoms. The first-order chi connectivity index (χ1) is 9.31. The Hall–Kier alpha value is -0.780. The number of aliphatic hydroxyl groups excluding tert-OH is 2. The molecule has 1 unspecified atom stereocenters. The molecule has 3 atom stereocenters. The van der Waals surface area contributed by atoms with Crippen LogP contribution in [-0.4, -0.2) is 44.7 Å². The maximum Gasteiger partial charge on any atom is 0.170 e. The molecule has 0 saturated carbocycles. The highest BCUT2D eigenvalue weighted by molar-refractivity contribution is 5.95. The van der Waals surface area contributed by atoms with Crippen LogP contribution in [0.15, 0.2) is 0 Å². The number of hydrogen-bond donors (Lipinski definition) is 3. The summed E-state index contributed by atoms with van der Waals surface area (Å²) in [4.78, 5) is 23.7. The van der Waals surface area contributed by atoms with Crippen molar-refractivity contribution >= 4 is 11.6 Å². The largest absolute Gasteiger partial charge is 0.390 e. The van der Waals surface area contributed by atoms with E-state index in [0.717, 1.165) is 0 Å². The van der Waals surface area contributed by atoms with Crippen LogP contribution in [0.5, 0.6) is 0 Å². The van der Waals surface area contributed by atoms with E-state index in [9.17, 15) is 24.9 Å². The molecular weight excluding hydrogens is 272 g/mol. The topological polar surface area (TPSA) is 94.8 Å². The molecule has 0 fully saturated rings. The molecule has 0 radical (unpaired) electrons. The summed E-state index contributed by atoms with van der Waals surface area (Å²) < 4.78 is 0. The summed E-state index contributed by atoms with van der Waals surface area (Å²) in [5.41, 5.74) is -2.58. The number of Topliss-reactive ketones (excluding diaryl/α,β-unsaturated/α-hetero) is 2. The van der Waals surface area contributed by atoms with E-state index in [0.29, 0.717) is 0 Å². The Morgan fingerprint density at radius 1 is 1.10 bits per heavy atom. The van der Waals surface area contributed by atoms with Crippen LogP contribution in [0.1, 0.15) is 60.8 Å². The van der Waals surface area contributed by atoms with Crippen molar-refractivity contribution in [3.05, 3.63) is 0 Å². The molecule has 5 nitrogen and oxygen atoms in total. The number of carbonyl (C=O) groups is 2. The van der Waals surface area contributed by atoms with Crippen LogP contribution < -0.4 is 0 Å². The van der Waals surface area contributed by atoms with Crippen LogP contribution in [0.2, 0.25) is 0 Å². The molecule has 0 aliphatic carbocycles. The minimum Gasteiger partial charge on any atom is -0.390 e. The highest BCUT2D eigenvalue weighted by Crippen LogP contribution is 2.30. The van der Waals surface area contributed by atoms with E-state index in [4.69, 9.17) is 0 Å². The van der Waals surface area contributed by atoms with Crippen LogP contribution in [0.3, 0.4) is 0 Å². The van der Waals surface area contributed by atoms with Crippen LogP contribution in [0.4, 0.5) is 0 Å². The van der Waals surface area contributed by atoms with Gasteiger partial charge in [-0.15, -0.1) is 0 Å². The Kier molecular flexibility index (Phi) is 7.20. The lowest BCUT2D eigenvalue weighted by Crippen LogP contribution is -2.47. The fourth-order valence-electron chi connectivity index (χ4n) is 2.39. The van der Waals surface area contributed by atoms with Gasteiger partial charge in [-0.1, -0.05) is 34.6 Å². The van der Waals surface area contributed by atoms with Gasteiger partial charge in [0.2, 0.25) is 0 Å². The minimum absolute atomic E-state index is 0.0480. The summed E-state index contributed by atoms with van der Waals surface area (Å²) in [6, 6.07) is 0. The molecule has 0 aromatic rings. The molecule has 0 aromatic heterocycles. The molecule has 0 amide bonds. The molecule has 0 aliphatic rings.